The Morgan fingerprint density at radius 1 is 1.23 bits per heavy atom. The molecule has 2 aromatic rings. The van der Waals surface area contributed by atoms with E-state index in [9.17, 15) is 18.0 Å². The van der Waals surface area contributed by atoms with Crippen LogP contribution >= 0.6 is 11.3 Å². The van der Waals surface area contributed by atoms with Gasteiger partial charge in [0.1, 0.15) is 0 Å². The molecule has 0 unspecified atom stereocenters. The van der Waals surface area contributed by atoms with Crippen molar-refractivity contribution in [1.29, 1.82) is 0 Å². The minimum absolute atomic E-state index is 0.0259. The lowest BCUT2D eigenvalue weighted by Gasteiger charge is -2.24. The first-order valence-corrected chi connectivity index (χ1v) is 7.86. The first-order chi connectivity index (χ1) is 10.5. The number of hydrogen-bond acceptors (Lipinski definition) is 2. The van der Waals surface area contributed by atoms with Crippen LogP contribution in [0.25, 0.3) is 0 Å². The molecule has 6 heteroatoms. The van der Waals surface area contributed by atoms with Crippen LogP contribution in [-0.4, -0.2) is 17.4 Å². The maximum Gasteiger partial charge on any atom is 0.416 e. The van der Waals surface area contributed by atoms with E-state index >= 15 is 0 Å². The summed E-state index contributed by atoms with van der Waals surface area (Å²) in [4.78, 5) is 15.4. The van der Waals surface area contributed by atoms with Gasteiger partial charge in [-0.3, -0.25) is 4.79 Å². The third kappa shape index (κ3) is 2.88. The fraction of sp³-hybridized carbons (Fsp3) is 0.312. The van der Waals surface area contributed by atoms with Gasteiger partial charge in [0.05, 0.1) is 11.6 Å². The van der Waals surface area contributed by atoms with Gasteiger partial charge in [-0.05, 0) is 42.5 Å². The normalized spacial score (nSPS) is 18.7. The lowest BCUT2D eigenvalue weighted by Crippen LogP contribution is -2.30. The van der Waals surface area contributed by atoms with Gasteiger partial charge in [0.2, 0.25) is 0 Å². The topological polar surface area (TPSA) is 20.3 Å². The van der Waals surface area contributed by atoms with E-state index in [0.29, 0.717) is 6.54 Å². The molecule has 1 aromatic carbocycles. The lowest BCUT2D eigenvalue weighted by atomic mass is 10.1. The Morgan fingerprint density at radius 3 is 2.73 bits per heavy atom. The molecule has 0 aliphatic carbocycles. The van der Waals surface area contributed by atoms with Crippen LogP contribution in [0.5, 0.6) is 0 Å². The smallest absolute Gasteiger partial charge is 0.331 e. The predicted octanol–water partition coefficient (Wildman–Crippen LogP) is 4.74. The van der Waals surface area contributed by atoms with Crippen LogP contribution in [0, 0.1) is 0 Å². The van der Waals surface area contributed by atoms with Crippen molar-refractivity contribution < 1.29 is 18.0 Å². The molecule has 0 bridgehead atoms. The minimum Gasteiger partial charge on any atom is -0.331 e. The first kappa shape index (κ1) is 15.1. The number of halogens is 3. The number of nitrogens with zero attached hydrogens (tertiary/aromatic N) is 1. The second-order valence-electron chi connectivity index (χ2n) is 5.25. The molecule has 1 aromatic heterocycles. The number of thiophene rings is 1. The van der Waals surface area contributed by atoms with Gasteiger partial charge in [-0.25, -0.2) is 0 Å². The van der Waals surface area contributed by atoms with Crippen LogP contribution in [-0.2, 0) is 6.18 Å². The van der Waals surface area contributed by atoms with Crippen LogP contribution in [0.3, 0.4) is 0 Å². The Balaban J connectivity index is 1.87. The Hall–Kier alpha value is -1.82. The molecule has 3 rings (SSSR count). The zero-order chi connectivity index (χ0) is 15.7. The van der Waals surface area contributed by atoms with Gasteiger partial charge in [-0.2, -0.15) is 13.2 Å². The fourth-order valence-electron chi connectivity index (χ4n) is 2.78. The van der Waals surface area contributed by atoms with Crippen LogP contribution in [0.15, 0.2) is 41.8 Å². The number of carbonyl (C=O) groups is 1. The summed E-state index contributed by atoms with van der Waals surface area (Å²) in [7, 11) is 0. The summed E-state index contributed by atoms with van der Waals surface area (Å²) in [6, 6.07) is 8.51. The third-order valence-corrected chi connectivity index (χ3v) is 4.80. The van der Waals surface area contributed by atoms with Crippen molar-refractivity contribution in [3.8, 4) is 0 Å². The Morgan fingerprint density at radius 2 is 2.05 bits per heavy atom. The van der Waals surface area contributed by atoms with Gasteiger partial charge in [0.25, 0.3) is 5.91 Å². The van der Waals surface area contributed by atoms with Crippen LogP contribution in [0.1, 0.15) is 39.7 Å². The van der Waals surface area contributed by atoms with Gasteiger partial charge in [0.15, 0.2) is 0 Å². The fourth-order valence-corrected chi connectivity index (χ4v) is 3.65. The van der Waals surface area contributed by atoms with Gasteiger partial charge in [0, 0.05) is 17.0 Å². The first-order valence-electron chi connectivity index (χ1n) is 6.98. The third-order valence-electron chi connectivity index (χ3n) is 3.82. The average molecular weight is 325 g/mol. The number of likely N-dealkylation sites (tertiary alicyclic amines) is 1. The zero-order valence-corrected chi connectivity index (χ0v) is 12.5. The van der Waals surface area contributed by atoms with Crippen molar-refractivity contribution >= 4 is 17.2 Å². The number of alkyl halides is 3. The van der Waals surface area contributed by atoms with Gasteiger partial charge in [-0.15, -0.1) is 11.3 Å². The summed E-state index contributed by atoms with van der Waals surface area (Å²) in [5.74, 6) is -0.331. The lowest BCUT2D eigenvalue weighted by molar-refractivity contribution is -0.137. The SMILES string of the molecule is O=C(c1cccc(C(F)(F)F)c1)N1CCC[C@@H]1c1cccs1. The van der Waals surface area contributed by atoms with Crippen LogP contribution < -0.4 is 0 Å². The number of benzene rings is 1. The van der Waals surface area contributed by atoms with E-state index in [2.05, 4.69) is 0 Å². The van der Waals surface area contributed by atoms with E-state index in [0.717, 1.165) is 29.9 Å². The molecule has 1 amide bonds. The average Bonchev–Trinajstić information content (AvgIpc) is 3.16. The second kappa shape index (κ2) is 5.76. The number of amides is 1. The molecule has 1 aliphatic rings. The highest BCUT2D eigenvalue weighted by molar-refractivity contribution is 7.10. The van der Waals surface area contributed by atoms with Crippen LogP contribution in [0.2, 0.25) is 0 Å². The molecular formula is C16H14F3NOS. The largest absolute Gasteiger partial charge is 0.416 e. The number of hydrogen-bond donors (Lipinski definition) is 0. The molecule has 1 aliphatic heterocycles. The zero-order valence-electron chi connectivity index (χ0n) is 11.6. The number of rotatable bonds is 2. The van der Waals surface area contributed by atoms with Gasteiger partial charge in [-0.1, -0.05) is 12.1 Å². The van der Waals surface area contributed by atoms with Crippen molar-refractivity contribution in [2.45, 2.75) is 25.1 Å². The summed E-state index contributed by atoms with van der Waals surface area (Å²) in [5.41, 5.74) is -0.691. The number of carbonyl (C=O) groups excluding carboxylic acids is 1. The van der Waals surface area contributed by atoms with Crippen molar-refractivity contribution in [2.75, 3.05) is 6.54 Å². The molecule has 0 radical (unpaired) electrons. The van der Waals surface area contributed by atoms with Gasteiger partial charge >= 0.3 is 6.18 Å². The Labute approximate surface area is 130 Å². The summed E-state index contributed by atoms with van der Waals surface area (Å²) in [6.07, 6.45) is -2.72. The van der Waals surface area contributed by atoms with Crippen molar-refractivity contribution in [3.05, 3.63) is 57.8 Å². The molecule has 1 saturated heterocycles. The Kier molecular flexibility index (Phi) is 3.95. The quantitative estimate of drug-likeness (QED) is 0.781. The van der Waals surface area contributed by atoms with E-state index in [1.54, 1.807) is 16.2 Å². The molecule has 22 heavy (non-hydrogen) atoms. The highest BCUT2D eigenvalue weighted by Gasteiger charge is 2.34. The Bertz CT molecular complexity index is 666. The molecule has 2 nitrogen and oxygen atoms in total. The molecule has 0 spiro atoms. The van der Waals surface area contributed by atoms with E-state index in [-0.39, 0.29) is 17.5 Å². The molecule has 0 N–H and O–H groups in total. The highest BCUT2D eigenvalue weighted by atomic mass is 32.1. The predicted molar refractivity (Wildman–Crippen MR) is 78.8 cm³/mol. The maximum absolute atomic E-state index is 12.8. The van der Waals surface area contributed by atoms with E-state index in [1.165, 1.54) is 12.1 Å². The van der Waals surface area contributed by atoms with Crippen molar-refractivity contribution in [3.63, 3.8) is 0 Å². The van der Waals surface area contributed by atoms with Crippen molar-refractivity contribution in [2.24, 2.45) is 0 Å². The van der Waals surface area contributed by atoms with E-state index < -0.39 is 11.7 Å². The molecule has 1 atom stereocenters. The standard InChI is InChI=1S/C16H14F3NOS/c17-16(18,19)12-5-1-4-11(10-12)15(21)20-8-2-6-13(20)14-7-3-9-22-14/h1,3-5,7,9-10,13H,2,6,8H2/t13-/m1/s1. The summed E-state index contributed by atoms with van der Waals surface area (Å²) < 4.78 is 38.4. The van der Waals surface area contributed by atoms with Crippen LogP contribution in [0.4, 0.5) is 13.2 Å². The summed E-state index contributed by atoms with van der Waals surface area (Å²) in [6.45, 7) is 0.581. The second-order valence-corrected chi connectivity index (χ2v) is 6.23. The van der Waals surface area contributed by atoms with E-state index in [1.807, 2.05) is 17.5 Å². The van der Waals surface area contributed by atoms with Crippen molar-refractivity contribution in [1.82, 2.24) is 4.90 Å². The maximum atomic E-state index is 12.8. The molecule has 1 fully saturated rings. The molecular weight excluding hydrogens is 311 g/mol. The molecule has 0 saturated carbocycles. The van der Waals surface area contributed by atoms with Gasteiger partial charge < -0.3 is 4.90 Å². The minimum atomic E-state index is -4.44. The summed E-state index contributed by atoms with van der Waals surface area (Å²) >= 11 is 1.57. The summed E-state index contributed by atoms with van der Waals surface area (Å²) in [5, 5.41) is 1.95. The monoisotopic (exact) mass is 325 g/mol. The molecule has 2 heterocycles. The highest BCUT2D eigenvalue weighted by Crippen LogP contribution is 2.36. The molecule has 116 valence electrons. The van der Waals surface area contributed by atoms with E-state index in [4.69, 9.17) is 0 Å².